The van der Waals surface area contributed by atoms with E-state index < -0.39 is 23.7 Å². The van der Waals surface area contributed by atoms with E-state index >= 15 is 0 Å². The molecular formula is C11H15F3N2O3. The predicted molar refractivity (Wildman–Crippen MR) is 60.6 cm³/mol. The third-order valence-corrected chi connectivity index (χ3v) is 2.70. The molecule has 2 N–H and O–H groups in total. The SMILES string of the molecule is O=C(O)CCCNC(=O)N1CC=C(C(F)(F)F)CC1. The Hall–Kier alpha value is -1.73. The molecule has 0 unspecified atom stereocenters. The highest BCUT2D eigenvalue weighted by atomic mass is 19.4. The maximum absolute atomic E-state index is 12.4. The summed E-state index contributed by atoms with van der Waals surface area (Å²) in [5.74, 6) is -0.954. The third-order valence-electron chi connectivity index (χ3n) is 2.70. The molecule has 0 saturated heterocycles. The number of carbonyl (C=O) groups excluding carboxylic acids is 1. The van der Waals surface area contributed by atoms with E-state index in [0.29, 0.717) is 6.42 Å². The number of rotatable bonds is 4. The highest BCUT2D eigenvalue weighted by molar-refractivity contribution is 5.74. The van der Waals surface area contributed by atoms with Crippen molar-refractivity contribution >= 4 is 12.0 Å². The molecule has 1 heterocycles. The van der Waals surface area contributed by atoms with Crippen LogP contribution in [-0.4, -0.2) is 47.8 Å². The minimum absolute atomic E-state index is 0.0100. The summed E-state index contributed by atoms with van der Waals surface area (Å²) in [6.45, 7) is 0.118. The molecule has 1 aliphatic rings. The number of urea groups is 1. The van der Waals surface area contributed by atoms with E-state index in [4.69, 9.17) is 5.11 Å². The van der Waals surface area contributed by atoms with Gasteiger partial charge in [-0.05, 0) is 12.8 Å². The molecule has 1 aliphatic heterocycles. The van der Waals surface area contributed by atoms with Gasteiger partial charge < -0.3 is 15.3 Å². The monoisotopic (exact) mass is 280 g/mol. The Kier molecular flexibility index (Phi) is 5.20. The number of nitrogens with zero attached hydrogens (tertiary/aromatic N) is 1. The van der Waals surface area contributed by atoms with Crippen molar-refractivity contribution in [3.63, 3.8) is 0 Å². The number of carbonyl (C=O) groups is 2. The zero-order valence-corrected chi connectivity index (χ0v) is 10.2. The first-order valence-corrected chi connectivity index (χ1v) is 5.81. The average molecular weight is 280 g/mol. The van der Waals surface area contributed by atoms with Crippen LogP contribution < -0.4 is 5.32 Å². The quantitative estimate of drug-likeness (QED) is 0.609. The summed E-state index contributed by atoms with van der Waals surface area (Å²) in [7, 11) is 0. The number of aliphatic carboxylic acids is 1. The first kappa shape index (κ1) is 15.3. The summed E-state index contributed by atoms with van der Waals surface area (Å²) >= 11 is 0. The van der Waals surface area contributed by atoms with Crippen molar-refractivity contribution < 1.29 is 27.9 Å². The molecule has 0 aromatic heterocycles. The molecule has 0 spiro atoms. The number of hydrogen-bond donors (Lipinski definition) is 2. The Labute approximate surface area is 108 Å². The van der Waals surface area contributed by atoms with Crippen molar-refractivity contribution in [2.75, 3.05) is 19.6 Å². The van der Waals surface area contributed by atoms with E-state index in [1.165, 1.54) is 4.90 Å². The van der Waals surface area contributed by atoms with Crippen LogP contribution >= 0.6 is 0 Å². The molecule has 0 atom stereocenters. The van der Waals surface area contributed by atoms with Crippen molar-refractivity contribution in [2.45, 2.75) is 25.4 Å². The molecule has 1 rings (SSSR count). The second-order valence-corrected chi connectivity index (χ2v) is 4.15. The topological polar surface area (TPSA) is 69.6 Å². The van der Waals surface area contributed by atoms with Gasteiger partial charge in [0.25, 0.3) is 0 Å². The lowest BCUT2D eigenvalue weighted by atomic mass is 10.1. The van der Waals surface area contributed by atoms with E-state index in [1.54, 1.807) is 0 Å². The van der Waals surface area contributed by atoms with Crippen molar-refractivity contribution in [1.82, 2.24) is 10.2 Å². The van der Waals surface area contributed by atoms with E-state index in [2.05, 4.69) is 5.32 Å². The molecule has 0 aromatic carbocycles. The van der Waals surface area contributed by atoms with Gasteiger partial charge >= 0.3 is 18.2 Å². The Morgan fingerprint density at radius 2 is 2.11 bits per heavy atom. The Balaban J connectivity index is 2.33. The molecule has 5 nitrogen and oxygen atoms in total. The van der Waals surface area contributed by atoms with Crippen molar-refractivity contribution in [3.8, 4) is 0 Å². The molecule has 0 aromatic rings. The first-order chi connectivity index (χ1) is 8.80. The normalized spacial score (nSPS) is 15.9. The van der Waals surface area contributed by atoms with Crippen LogP contribution in [-0.2, 0) is 4.79 Å². The fourth-order valence-electron chi connectivity index (χ4n) is 1.66. The molecule has 19 heavy (non-hydrogen) atoms. The van der Waals surface area contributed by atoms with Gasteiger partial charge in [-0.3, -0.25) is 4.79 Å². The number of carboxylic acid groups (broad SMARTS) is 1. The third kappa shape index (κ3) is 5.19. The molecule has 2 amide bonds. The first-order valence-electron chi connectivity index (χ1n) is 5.81. The number of halogens is 3. The number of alkyl halides is 3. The largest absolute Gasteiger partial charge is 0.481 e. The minimum atomic E-state index is -4.33. The van der Waals surface area contributed by atoms with Gasteiger partial charge in [0, 0.05) is 31.6 Å². The van der Waals surface area contributed by atoms with Gasteiger partial charge in [0.05, 0.1) is 0 Å². The fraction of sp³-hybridized carbons (Fsp3) is 0.636. The molecule has 0 radical (unpaired) electrons. The molecule has 0 aliphatic carbocycles. The lowest BCUT2D eigenvalue weighted by molar-refractivity contribution is -0.137. The minimum Gasteiger partial charge on any atom is -0.481 e. The summed E-state index contributed by atoms with van der Waals surface area (Å²) in [5, 5.41) is 10.9. The number of hydrogen-bond acceptors (Lipinski definition) is 2. The number of nitrogens with one attached hydrogen (secondary N) is 1. The maximum Gasteiger partial charge on any atom is 0.412 e. The van der Waals surface area contributed by atoms with Gasteiger partial charge in [0.2, 0.25) is 0 Å². The summed E-state index contributed by atoms with van der Waals surface area (Å²) in [6, 6.07) is -0.470. The van der Waals surface area contributed by atoms with E-state index in [9.17, 15) is 22.8 Å². The lowest BCUT2D eigenvalue weighted by Crippen LogP contribution is -2.43. The zero-order chi connectivity index (χ0) is 14.5. The summed E-state index contributed by atoms with van der Waals surface area (Å²) < 4.78 is 37.1. The van der Waals surface area contributed by atoms with Crippen molar-refractivity contribution in [3.05, 3.63) is 11.6 Å². The molecular weight excluding hydrogens is 265 g/mol. The van der Waals surface area contributed by atoms with Crippen LogP contribution in [0.5, 0.6) is 0 Å². The highest BCUT2D eigenvalue weighted by Crippen LogP contribution is 2.29. The second-order valence-electron chi connectivity index (χ2n) is 4.15. The van der Waals surface area contributed by atoms with Crippen LogP contribution in [0.3, 0.4) is 0 Å². The fourth-order valence-corrected chi connectivity index (χ4v) is 1.66. The molecule has 0 saturated carbocycles. The van der Waals surface area contributed by atoms with E-state index in [0.717, 1.165) is 6.08 Å². The standard InChI is InChI=1S/C11H15F3N2O3/c12-11(13,14)8-3-6-16(7-4-8)10(19)15-5-1-2-9(17)18/h3H,1-2,4-7H2,(H,15,19)(H,17,18). The van der Waals surface area contributed by atoms with Crippen LogP contribution in [0.2, 0.25) is 0 Å². The van der Waals surface area contributed by atoms with Crippen LogP contribution in [0, 0.1) is 0 Å². The molecule has 8 heteroatoms. The van der Waals surface area contributed by atoms with E-state index in [-0.39, 0.29) is 32.5 Å². The number of amides is 2. The molecule has 108 valence electrons. The van der Waals surface area contributed by atoms with Crippen LogP contribution in [0.25, 0.3) is 0 Å². The van der Waals surface area contributed by atoms with Crippen molar-refractivity contribution in [1.29, 1.82) is 0 Å². The van der Waals surface area contributed by atoms with Gasteiger partial charge in [0.1, 0.15) is 0 Å². The lowest BCUT2D eigenvalue weighted by Gasteiger charge is -2.27. The highest BCUT2D eigenvalue weighted by Gasteiger charge is 2.35. The van der Waals surface area contributed by atoms with Gasteiger partial charge in [-0.2, -0.15) is 13.2 Å². The Bertz CT molecular complexity index is 380. The summed E-state index contributed by atoms with van der Waals surface area (Å²) in [5.41, 5.74) is -0.609. The van der Waals surface area contributed by atoms with Gasteiger partial charge in [-0.1, -0.05) is 6.08 Å². The smallest absolute Gasteiger partial charge is 0.412 e. The van der Waals surface area contributed by atoms with Crippen LogP contribution in [0.1, 0.15) is 19.3 Å². The molecule has 0 fully saturated rings. The summed E-state index contributed by atoms with van der Waals surface area (Å²) in [4.78, 5) is 23.1. The Morgan fingerprint density at radius 1 is 1.42 bits per heavy atom. The number of carboxylic acids is 1. The predicted octanol–water partition coefficient (Wildman–Crippen LogP) is 1.76. The van der Waals surface area contributed by atoms with Crippen LogP contribution in [0.15, 0.2) is 11.6 Å². The zero-order valence-electron chi connectivity index (χ0n) is 10.2. The van der Waals surface area contributed by atoms with Gasteiger partial charge in [-0.25, -0.2) is 4.79 Å². The maximum atomic E-state index is 12.4. The van der Waals surface area contributed by atoms with Gasteiger partial charge in [-0.15, -0.1) is 0 Å². The van der Waals surface area contributed by atoms with Gasteiger partial charge in [0.15, 0.2) is 0 Å². The van der Waals surface area contributed by atoms with Crippen LogP contribution in [0.4, 0.5) is 18.0 Å². The van der Waals surface area contributed by atoms with E-state index in [1.807, 2.05) is 0 Å². The average Bonchev–Trinajstić information content (AvgIpc) is 2.33. The Morgan fingerprint density at radius 3 is 2.58 bits per heavy atom. The summed E-state index contributed by atoms with van der Waals surface area (Å²) in [6.07, 6.45) is -3.31. The second kappa shape index (κ2) is 6.44. The molecule has 0 bridgehead atoms. The van der Waals surface area contributed by atoms with Crippen molar-refractivity contribution in [2.24, 2.45) is 0 Å².